The second-order valence-corrected chi connectivity index (χ2v) is 4.56. The lowest BCUT2D eigenvalue weighted by atomic mass is 10.1. The van der Waals surface area contributed by atoms with Crippen LogP contribution in [-0.2, 0) is 6.54 Å². The zero-order valence-corrected chi connectivity index (χ0v) is 12.1. The highest BCUT2D eigenvalue weighted by Crippen LogP contribution is 2.09. The van der Waals surface area contributed by atoms with Crippen molar-refractivity contribution in [3.8, 4) is 0 Å². The molecule has 0 bridgehead atoms. The van der Waals surface area contributed by atoms with Crippen molar-refractivity contribution in [3.05, 3.63) is 35.1 Å². The molecule has 0 aliphatic heterocycles. The van der Waals surface area contributed by atoms with E-state index in [0.29, 0.717) is 12.1 Å². The molecule has 0 fully saturated rings. The normalized spacial score (nSPS) is 11.5. The lowest BCUT2D eigenvalue weighted by Crippen LogP contribution is -2.37. The highest BCUT2D eigenvalue weighted by molar-refractivity contribution is 5.79. The van der Waals surface area contributed by atoms with Gasteiger partial charge in [-0.2, -0.15) is 0 Å². The summed E-state index contributed by atoms with van der Waals surface area (Å²) in [6, 6.07) is 5.25. The Balaban J connectivity index is 2.60. The predicted molar refractivity (Wildman–Crippen MR) is 78.9 cm³/mol. The van der Waals surface area contributed by atoms with Crippen LogP contribution in [0.2, 0.25) is 0 Å². The molecule has 2 N–H and O–H groups in total. The largest absolute Gasteiger partial charge is 0.357 e. The van der Waals surface area contributed by atoms with Gasteiger partial charge in [-0.1, -0.05) is 25.5 Å². The fraction of sp³-hybridized carbons (Fsp3) is 0.533. The first kappa shape index (κ1) is 15.5. The Morgan fingerprint density at radius 2 is 2.05 bits per heavy atom. The minimum absolute atomic E-state index is 0.170. The van der Waals surface area contributed by atoms with Crippen LogP contribution in [0.5, 0.6) is 0 Å². The first-order valence-corrected chi connectivity index (χ1v) is 6.94. The standard InChI is InChI=1S/C15H24FN3/c1-4-6-9-18-15(17-5-2)19-11-13-8-7-12(3)14(16)10-13/h7-8,10H,4-6,9,11H2,1-3H3,(H2,17,18,19). The van der Waals surface area contributed by atoms with Crippen molar-refractivity contribution in [2.45, 2.75) is 40.2 Å². The summed E-state index contributed by atoms with van der Waals surface area (Å²) in [5.74, 6) is 0.619. The number of unbranched alkanes of at least 4 members (excludes halogenated alkanes) is 1. The van der Waals surface area contributed by atoms with Crippen LogP contribution in [0, 0.1) is 12.7 Å². The summed E-state index contributed by atoms with van der Waals surface area (Å²) in [4.78, 5) is 4.45. The van der Waals surface area contributed by atoms with E-state index in [0.717, 1.165) is 37.5 Å². The molecule has 0 aliphatic rings. The van der Waals surface area contributed by atoms with E-state index >= 15 is 0 Å². The lowest BCUT2D eigenvalue weighted by Gasteiger charge is -2.10. The second kappa shape index (κ2) is 8.51. The Morgan fingerprint density at radius 1 is 1.26 bits per heavy atom. The molecule has 0 amide bonds. The summed E-state index contributed by atoms with van der Waals surface area (Å²) >= 11 is 0. The Kier molecular flexibility index (Phi) is 6.93. The van der Waals surface area contributed by atoms with Crippen molar-refractivity contribution in [1.29, 1.82) is 0 Å². The van der Waals surface area contributed by atoms with Crippen molar-refractivity contribution < 1.29 is 4.39 Å². The van der Waals surface area contributed by atoms with E-state index < -0.39 is 0 Å². The fourth-order valence-corrected chi connectivity index (χ4v) is 1.63. The van der Waals surface area contributed by atoms with Gasteiger partial charge in [0.1, 0.15) is 5.82 Å². The monoisotopic (exact) mass is 265 g/mol. The number of guanidine groups is 1. The van der Waals surface area contributed by atoms with Crippen molar-refractivity contribution >= 4 is 5.96 Å². The third-order valence-corrected chi connectivity index (χ3v) is 2.82. The van der Waals surface area contributed by atoms with Gasteiger partial charge in [-0.3, -0.25) is 0 Å². The van der Waals surface area contributed by atoms with Gasteiger partial charge in [0.15, 0.2) is 5.96 Å². The van der Waals surface area contributed by atoms with Crippen LogP contribution in [0.25, 0.3) is 0 Å². The zero-order chi connectivity index (χ0) is 14.1. The number of nitrogens with one attached hydrogen (secondary N) is 2. The summed E-state index contributed by atoms with van der Waals surface area (Å²) in [6.07, 6.45) is 2.26. The van der Waals surface area contributed by atoms with E-state index in [1.165, 1.54) is 0 Å². The Morgan fingerprint density at radius 3 is 2.68 bits per heavy atom. The molecule has 1 aromatic carbocycles. The van der Waals surface area contributed by atoms with Crippen LogP contribution in [0.15, 0.2) is 23.2 Å². The Hall–Kier alpha value is -1.58. The maximum absolute atomic E-state index is 13.4. The van der Waals surface area contributed by atoms with Gasteiger partial charge in [-0.05, 0) is 37.5 Å². The van der Waals surface area contributed by atoms with Crippen LogP contribution in [-0.4, -0.2) is 19.0 Å². The molecule has 106 valence electrons. The average molecular weight is 265 g/mol. The number of rotatable bonds is 6. The molecule has 0 spiro atoms. The highest BCUT2D eigenvalue weighted by atomic mass is 19.1. The van der Waals surface area contributed by atoms with E-state index in [4.69, 9.17) is 0 Å². The number of hydrogen-bond acceptors (Lipinski definition) is 1. The van der Waals surface area contributed by atoms with Crippen LogP contribution >= 0.6 is 0 Å². The van der Waals surface area contributed by atoms with E-state index in [1.807, 2.05) is 13.0 Å². The van der Waals surface area contributed by atoms with Gasteiger partial charge in [-0.15, -0.1) is 0 Å². The highest BCUT2D eigenvalue weighted by Gasteiger charge is 2.00. The summed E-state index contributed by atoms with van der Waals surface area (Å²) in [5.41, 5.74) is 1.55. The third kappa shape index (κ3) is 5.73. The van der Waals surface area contributed by atoms with Crippen LogP contribution in [0.3, 0.4) is 0 Å². The van der Waals surface area contributed by atoms with Gasteiger partial charge in [0.2, 0.25) is 0 Å². The molecule has 3 nitrogen and oxygen atoms in total. The van der Waals surface area contributed by atoms with Crippen molar-refractivity contribution in [2.24, 2.45) is 4.99 Å². The van der Waals surface area contributed by atoms with E-state index in [9.17, 15) is 4.39 Å². The molecule has 0 saturated heterocycles. The van der Waals surface area contributed by atoms with E-state index in [2.05, 4.69) is 22.5 Å². The molecule has 0 atom stereocenters. The summed E-state index contributed by atoms with van der Waals surface area (Å²) in [6.45, 7) is 8.16. The molecule has 1 rings (SSSR count). The van der Waals surface area contributed by atoms with Crippen molar-refractivity contribution in [1.82, 2.24) is 10.6 Å². The predicted octanol–water partition coefficient (Wildman–Crippen LogP) is 2.99. The van der Waals surface area contributed by atoms with Gasteiger partial charge in [-0.25, -0.2) is 9.38 Å². The molecule has 0 radical (unpaired) electrons. The minimum Gasteiger partial charge on any atom is -0.357 e. The molecule has 4 heteroatoms. The third-order valence-electron chi connectivity index (χ3n) is 2.82. The van der Waals surface area contributed by atoms with Crippen LogP contribution in [0.4, 0.5) is 4.39 Å². The van der Waals surface area contributed by atoms with Gasteiger partial charge < -0.3 is 10.6 Å². The molecule has 0 heterocycles. The molecular formula is C15H24FN3. The first-order chi connectivity index (χ1) is 9.17. The summed E-state index contributed by atoms with van der Waals surface area (Å²) < 4.78 is 13.4. The molecule has 0 aromatic heterocycles. The van der Waals surface area contributed by atoms with Gasteiger partial charge in [0.05, 0.1) is 6.54 Å². The molecule has 0 unspecified atom stereocenters. The maximum atomic E-state index is 13.4. The SMILES string of the molecule is CCCCNC(=NCc1ccc(C)c(F)c1)NCC. The lowest BCUT2D eigenvalue weighted by molar-refractivity contribution is 0.616. The zero-order valence-electron chi connectivity index (χ0n) is 12.1. The number of nitrogens with zero attached hydrogens (tertiary/aromatic N) is 1. The molecule has 0 saturated carbocycles. The topological polar surface area (TPSA) is 36.4 Å². The van der Waals surface area contributed by atoms with Crippen molar-refractivity contribution in [2.75, 3.05) is 13.1 Å². The summed E-state index contributed by atoms with van der Waals surface area (Å²) in [5, 5.41) is 6.45. The fourth-order valence-electron chi connectivity index (χ4n) is 1.63. The quantitative estimate of drug-likeness (QED) is 0.471. The molecule has 0 aliphatic carbocycles. The molecule has 19 heavy (non-hydrogen) atoms. The molecular weight excluding hydrogens is 241 g/mol. The number of aryl methyl sites for hydroxylation is 1. The Bertz CT molecular complexity index is 416. The second-order valence-electron chi connectivity index (χ2n) is 4.56. The minimum atomic E-state index is -0.170. The van der Waals surface area contributed by atoms with E-state index in [-0.39, 0.29) is 5.82 Å². The summed E-state index contributed by atoms with van der Waals surface area (Å²) in [7, 11) is 0. The van der Waals surface area contributed by atoms with Gasteiger partial charge >= 0.3 is 0 Å². The smallest absolute Gasteiger partial charge is 0.191 e. The molecule has 1 aromatic rings. The van der Waals surface area contributed by atoms with E-state index in [1.54, 1.807) is 19.1 Å². The van der Waals surface area contributed by atoms with Crippen LogP contribution < -0.4 is 10.6 Å². The van der Waals surface area contributed by atoms with Crippen LogP contribution in [0.1, 0.15) is 37.8 Å². The number of benzene rings is 1. The van der Waals surface area contributed by atoms with Crippen molar-refractivity contribution in [3.63, 3.8) is 0 Å². The first-order valence-electron chi connectivity index (χ1n) is 6.94. The number of halogens is 1. The number of aliphatic imine (C=N–C) groups is 1. The van der Waals surface area contributed by atoms with Gasteiger partial charge in [0, 0.05) is 13.1 Å². The Labute approximate surface area is 115 Å². The average Bonchev–Trinajstić information content (AvgIpc) is 2.40. The van der Waals surface area contributed by atoms with Gasteiger partial charge in [0.25, 0.3) is 0 Å². The number of hydrogen-bond donors (Lipinski definition) is 2. The maximum Gasteiger partial charge on any atom is 0.191 e.